The van der Waals surface area contributed by atoms with Crippen LogP contribution in [0.25, 0.3) is 0 Å². The number of sulfone groups is 1. The molecule has 1 aliphatic rings. The van der Waals surface area contributed by atoms with Crippen molar-refractivity contribution in [2.75, 3.05) is 25.2 Å². The first-order valence-corrected chi connectivity index (χ1v) is 7.93. The van der Waals surface area contributed by atoms with Crippen LogP contribution in [0, 0.1) is 0 Å². The molecule has 18 heavy (non-hydrogen) atoms. The van der Waals surface area contributed by atoms with E-state index in [2.05, 4.69) is 5.32 Å². The molecule has 1 fully saturated rings. The molecule has 0 amide bonds. The Morgan fingerprint density at radius 1 is 1.39 bits per heavy atom. The molecule has 0 spiro atoms. The number of ether oxygens (including phenoxy) is 1. The van der Waals surface area contributed by atoms with Gasteiger partial charge in [-0.3, -0.25) is 0 Å². The quantitative estimate of drug-likeness (QED) is 0.871. The molecule has 1 N–H and O–H groups in total. The van der Waals surface area contributed by atoms with E-state index in [0.717, 1.165) is 5.56 Å². The predicted octanol–water partition coefficient (Wildman–Crippen LogP) is 1.15. The van der Waals surface area contributed by atoms with Crippen LogP contribution in [0.5, 0.6) is 0 Å². The van der Waals surface area contributed by atoms with E-state index in [9.17, 15) is 8.42 Å². The summed E-state index contributed by atoms with van der Waals surface area (Å²) in [6.07, 6.45) is 0.690. The number of hydrogen-bond acceptors (Lipinski definition) is 4. The van der Waals surface area contributed by atoms with Crippen molar-refractivity contribution in [1.29, 1.82) is 0 Å². The Kier molecular flexibility index (Phi) is 4.37. The van der Waals surface area contributed by atoms with Gasteiger partial charge in [-0.1, -0.05) is 30.3 Å². The van der Waals surface area contributed by atoms with E-state index in [1.807, 2.05) is 30.3 Å². The maximum Gasteiger partial charge on any atom is 0.151 e. The zero-order valence-corrected chi connectivity index (χ0v) is 11.3. The summed E-state index contributed by atoms with van der Waals surface area (Å²) in [6.45, 7) is 0.542. The van der Waals surface area contributed by atoms with Crippen molar-refractivity contribution >= 4 is 9.84 Å². The van der Waals surface area contributed by atoms with Gasteiger partial charge in [0.2, 0.25) is 0 Å². The molecule has 1 aliphatic heterocycles. The fourth-order valence-electron chi connectivity index (χ4n) is 2.30. The molecule has 0 saturated carbocycles. The van der Waals surface area contributed by atoms with Crippen LogP contribution in [0.3, 0.4) is 0 Å². The van der Waals surface area contributed by atoms with Gasteiger partial charge in [0, 0.05) is 13.2 Å². The molecule has 2 unspecified atom stereocenters. The van der Waals surface area contributed by atoms with E-state index < -0.39 is 9.84 Å². The smallest absolute Gasteiger partial charge is 0.151 e. The lowest BCUT2D eigenvalue weighted by Crippen LogP contribution is -2.35. The van der Waals surface area contributed by atoms with Crippen molar-refractivity contribution in [3.05, 3.63) is 35.9 Å². The Labute approximate surface area is 108 Å². The third-order valence-electron chi connectivity index (χ3n) is 3.20. The standard InChI is InChI=1S/C13H19NO3S/c1-17-9-13(11-5-3-2-4-6-11)14-12-7-8-18(15,16)10-12/h2-6,12-14H,7-10H2,1H3. The van der Waals surface area contributed by atoms with Crippen LogP contribution in [-0.2, 0) is 14.6 Å². The molecule has 5 heteroatoms. The van der Waals surface area contributed by atoms with Gasteiger partial charge in [0.1, 0.15) is 0 Å². The molecular formula is C13H19NO3S. The molecule has 0 bridgehead atoms. The van der Waals surface area contributed by atoms with Gasteiger partial charge in [0.25, 0.3) is 0 Å². The van der Waals surface area contributed by atoms with Gasteiger partial charge in [-0.15, -0.1) is 0 Å². The van der Waals surface area contributed by atoms with Crippen LogP contribution < -0.4 is 5.32 Å². The van der Waals surface area contributed by atoms with Crippen molar-refractivity contribution in [1.82, 2.24) is 5.32 Å². The average molecular weight is 269 g/mol. The fraction of sp³-hybridized carbons (Fsp3) is 0.538. The normalized spacial score (nSPS) is 23.9. The largest absolute Gasteiger partial charge is 0.383 e. The van der Waals surface area contributed by atoms with Crippen molar-refractivity contribution in [2.45, 2.75) is 18.5 Å². The van der Waals surface area contributed by atoms with Crippen LogP contribution >= 0.6 is 0 Å². The zero-order chi connectivity index (χ0) is 13.0. The van der Waals surface area contributed by atoms with E-state index in [4.69, 9.17) is 4.74 Å². The van der Waals surface area contributed by atoms with Crippen LogP contribution in [0.1, 0.15) is 18.0 Å². The first-order chi connectivity index (χ1) is 8.61. The Bertz CT molecular complexity index is 472. The van der Waals surface area contributed by atoms with Crippen molar-refractivity contribution < 1.29 is 13.2 Å². The molecule has 2 rings (SSSR count). The summed E-state index contributed by atoms with van der Waals surface area (Å²) in [5, 5.41) is 3.38. The number of hydrogen-bond donors (Lipinski definition) is 1. The Hall–Kier alpha value is -0.910. The summed E-state index contributed by atoms with van der Waals surface area (Å²) in [4.78, 5) is 0. The third-order valence-corrected chi connectivity index (χ3v) is 4.97. The van der Waals surface area contributed by atoms with Gasteiger partial charge in [-0.25, -0.2) is 8.42 Å². The van der Waals surface area contributed by atoms with Gasteiger partial charge in [-0.2, -0.15) is 0 Å². The van der Waals surface area contributed by atoms with Crippen LogP contribution in [0.2, 0.25) is 0 Å². The molecule has 1 saturated heterocycles. The number of methoxy groups -OCH3 is 1. The molecular weight excluding hydrogens is 250 g/mol. The minimum Gasteiger partial charge on any atom is -0.383 e. The lowest BCUT2D eigenvalue weighted by Gasteiger charge is -2.22. The second kappa shape index (κ2) is 5.82. The Balaban J connectivity index is 2.04. The van der Waals surface area contributed by atoms with E-state index >= 15 is 0 Å². The Morgan fingerprint density at radius 2 is 2.11 bits per heavy atom. The van der Waals surface area contributed by atoms with E-state index in [-0.39, 0.29) is 17.8 Å². The summed E-state index contributed by atoms with van der Waals surface area (Å²) < 4.78 is 28.1. The maximum atomic E-state index is 11.4. The molecule has 0 aliphatic carbocycles. The number of benzene rings is 1. The summed E-state index contributed by atoms with van der Waals surface area (Å²) in [6, 6.07) is 10.1. The van der Waals surface area contributed by atoms with Gasteiger partial charge in [-0.05, 0) is 12.0 Å². The molecule has 2 atom stereocenters. The highest BCUT2D eigenvalue weighted by Crippen LogP contribution is 2.18. The monoisotopic (exact) mass is 269 g/mol. The second-order valence-electron chi connectivity index (χ2n) is 4.69. The first kappa shape index (κ1) is 13.5. The maximum absolute atomic E-state index is 11.4. The Morgan fingerprint density at radius 3 is 2.67 bits per heavy atom. The van der Waals surface area contributed by atoms with E-state index in [1.54, 1.807) is 7.11 Å². The summed E-state index contributed by atoms with van der Waals surface area (Å²) in [5.41, 5.74) is 1.13. The highest BCUT2D eigenvalue weighted by atomic mass is 32.2. The molecule has 0 aromatic heterocycles. The molecule has 0 radical (unpaired) electrons. The molecule has 1 aromatic rings. The van der Waals surface area contributed by atoms with Crippen LogP contribution in [-0.4, -0.2) is 39.7 Å². The molecule has 4 nitrogen and oxygen atoms in total. The average Bonchev–Trinajstić information content (AvgIpc) is 2.69. The molecule has 100 valence electrons. The van der Waals surface area contributed by atoms with Crippen molar-refractivity contribution in [3.63, 3.8) is 0 Å². The highest BCUT2D eigenvalue weighted by molar-refractivity contribution is 7.91. The highest BCUT2D eigenvalue weighted by Gasteiger charge is 2.29. The van der Waals surface area contributed by atoms with E-state index in [1.165, 1.54) is 0 Å². The van der Waals surface area contributed by atoms with Crippen LogP contribution in [0.4, 0.5) is 0 Å². The molecule has 1 aromatic carbocycles. The van der Waals surface area contributed by atoms with Gasteiger partial charge in [0.15, 0.2) is 9.84 Å². The first-order valence-electron chi connectivity index (χ1n) is 6.11. The number of nitrogens with one attached hydrogen (secondary N) is 1. The fourth-order valence-corrected chi connectivity index (χ4v) is 3.99. The predicted molar refractivity (Wildman–Crippen MR) is 71.3 cm³/mol. The zero-order valence-electron chi connectivity index (χ0n) is 10.5. The van der Waals surface area contributed by atoms with Gasteiger partial charge in [0.05, 0.1) is 24.2 Å². The minimum absolute atomic E-state index is 0.0374. The van der Waals surface area contributed by atoms with Crippen LogP contribution in [0.15, 0.2) is 30.3 Å². The third kappa shape index (κ3) is 3.54. The van der Waals surface area contributed by atoms with Crippen molar-refractivity contribution in [2.24, 2.45) is 0 Å². The topological polar surface area (TPSA) is 55.4 Å². The lowest BCUT2D eigenvalue weighted by molar-refractivity contribution is 0.162. The van der Waals surface area contributed by atoms with Crippen molar-refractivity contribution in [3.8, 4) is 0 Å². The molecule has 1 heterocycles. The minimum atomic E-state index is -2.84. The SMILES string of the molecule is COCC(NC1CCS(=O)(=O)C1)c1ccccc1. The van der Waals surface area contributed by atoms with E-state index in [0.29, 0.717) is 18.8 Å². The second-order valence-corrected chi connectivity index (χ2v) is 6.91. The number of rotatable bonds is 5. The van der Waals surface area contributed by atoms with Gasteiger partial charge < -0.3 is 10.1 Å². The summed E-state index contributed by atoms with van der Waals surface area (Å²) >= 11 is 0. The lowest BCUT2D eigenvalue weighted by atomic mass is 10.1. The summed E-state index contributed by atoms with van der Waals surface area (Å²) in [7, 11) is -1.19. The van der Waals surface area contributed by atoms with Gasteiger partial charge >= 0.3 is 0 Å². The summed E-state index contributed by atoms with van der Waals surface area (Å²) in [5.74, 6) is 0.527.